The van der Waals surface area contributed by atoms with Crippen molar-refractivity contribution in [1.82, 2.24) is 9.62 Å². The van der Waals surface area contributed by atoms with Crippen LogP contribution in [-0.4, -0.2) is 38.5 Å². The number of nitrogens with one attached hydrogen (secondary N) is 1. The number of nitrogens with zero attached hydrogens (tertiary/aromatic N) is 1. The quantitative estimate of drug-likeness (QED) is 0.870. The van der Waals surface area contributed by atoms with Gasteiger partial charge in [-0.25, -0.2) is 13.1 Å². The maximum absolute atomic E-state index is 12.7. The summed E-state index contributed by atoms with van der Waals surface area (Å²) in [4.78, 5) is 3.55. The van der Waals surface area contributed by atoms with Crippen molar-refractivity contribution < 1.29 is 8.42 Å². The number of nitrogens with two attached hydrogens (primary N) is 1. The van der Waals surface area contributed by atoms with E-state index in [-0.39, 0.29) is 12.6 Å². The van der Waals surface area contributed by atoms with Crippen LogP contribution in [0.4, 0.5) is 0 Å². The topological polar surface area (TPSA) is 75.4 Å². The van der Waals surface area contributed by atoms with Crippen molar-refractivity contribution in [2.45, 2.75) is 49.7 Å². The zero-order valence-corrected chi connectivity index (χ0v) is 13.3. The van der Waals surface area contributed by atoms with E-state index in [4.69, 9.17) is 5.73 Å². The summed E-state index contributed by atoms with van der Waals surface area (Å²) in [5, 5.41) is 1.87. The number of thiophene rings is 1. The van der Waals surface area contributed by atoms with Crippen molar-refractivity contribution in [3.05, 3.63) is 15.8 Å². The lowest BCUT2D eigenvalue weighted by Crippen LogP contribution is -2.42. The van der Waals surface area contributed by atoms with Crippen molar-refractivity contribution in [3.63, 3.8) is 0 Å². The van der Waals surface area contributed by atoms with E-state index in [9.17, 15) is 8.42 Å². The Morgan fingerprint density at radius 1 is 1.45 bits per heavy atom. The lowest BCUT2D eigenvalue weighted by molar-refractivity contribution is 0.309. The van der Waals surface area contributed by atoms with Gasteiger partial charge in [0.2, 0.25) is 10.0 Å². The van der Waals surface area contributed by atoms with Gasteiger partial charge in [0.15, 0.2) is 0 Å². The van der Waals surface area contributed by atoms with Gasteiger partial charge < -0.3 is 5.73 Å². The minimum absolute atomic E-state index is 0.0485. The SMILES string of the molecule is Cc1csc(CN)c1S(=O)(=O)NC1CCN2CCCC12. The number of hydrogen-bond donors (Lipinski definition) is 2. The third-order valence-electron chi connectivity index (χ3n) is 4.36. The molecule has 3 rings (SSSR count). The average molecular weight is 315 g/mol. The second-order valence-corrected chi connectivity index (χ2v) is 8.25. The van der Waals surface area contributed by atoms with Gasteiger partial charge in [-0.15, -0.1) is 11.3 Å². The Balaban J connectivity index is 1.84. The zero-order valence-electron chi connectivity index (χ0n) is 11.6. The van der Waals surface area contributed by atoms with Gasteiger partial charge in [0, 0.05) is 30.1 Å². The van der Waals surface area contributed by atoms with Crippen LogP contribution in [0.5, 0.6) is 0 Å². The summed E-state index contributed by atoms with van der Waals surface area (Å²) >= 11 is 1.43. The molecule has 0 aliphatic carbocycles. The summed E-state index contributed by atoms with van der Waals surface area (Å²) in [6.07, 6.45) is 3.18. The molecule has 0 amide bonds. The number of aryl methyl sites for hydroxylation is 1. The van der Waals surface area contributed by atoms with Crippen LogP contribution in [0.3, 0.4) is 0 Å². The van der Waals surface area contributed by atoms with E-state index in [1.54, 1.807) is 0 Å². The Morgan fingerprint density at radius 2 is 2.25 bits per heavy atom. The molecular formula is C13H21N3O2S2. The van der Waals surface area contributed by atoms with Crippen molar-refractivity contribution >= 4 is 21.4 Å². The predicted octanol–water partition coefficient (Wildman–Crippen LogP) is 1.03. The van der Waals surface area contributed by atoms with Gasteiger partial charge in [0.05, 0.1) is 0 Å². The highest BCUT2D eigenvalue weighted by molar-refractivity contribution is 7.89. The highest BCUT2D eigenvalue weighted by Gasteiger charge is 2.39. The molecule has 3 heterocycles. The Kier molecular flexibility index (Phi) is 3.89. The van der Waals surface area contributed by atoms with Gasteiger partial charge in [0.25, 0.3) is 0 Å². The molecule has 2 fully saturated rings. The van der Waals surface area contributed by atoms with E-state index < -0.39 is 10.0 Å². The average Bonchev–Trinajstić information content (AvgIpc) is 3.06. The predicted molar refractivity (Wildman–Crippen MR) is 80.3 cm³/mol. The maximum atomic E-state index is 12.7. The van der Waals surface area contributed by atoms with Crippen molar-refractivity contribution in [1.29, 1.82) is 0 Å². The number of fused-ring (bicyclic) bond motifs is 1. The molecule has 2 saturated heterocycles. The molecule has 2 atom stereocenters. The molecule has 0 saturated carbocycles. The van der Waals surface area contributed by atoms with Crippen LogP contribution >= 0.6 is 11.3 Å². The first-order valence-electron chi connectivity index (χ1n) is 7.06. The first-order valence-corrected chi connectivity index (χ1v) is 9.42. The first kappa shape index (κ1) is 14.5. The zero-order chi connectivity index (χ0) is 14.3. The molecule has 7 heteroatoms. The van der Waals surface area contributed by atoms with Crippen molar-refractivity contribution in [3.8, 4) is 0 Å². The summed E-state index contributed by atoms with van der Waals surface area (Å²) in [5.74, 6) is 0. The van der Waals surface area contributed by atoms with Gasteiger partial charge in [-0.3, -0.25) is 4.90 Å². The van der Waals surface area contributed by atoms with E-state index in [0.717, 1.165) is 36.4 Å². The van der Waals surface area contributed by atoms with E-state index in [1.807, 2.05) is 12.3 Å². The van der Waals surface area contributed by atoms with Crippen LogP contribution in [0.25, 0.3) is 0 Å². The number of hydrogen-bond acceptors (Lipinski definition) is 5. The molecule has 0 radical (unpaired) electrons. The van der Waals surface area contributed by atoms with Gasteiger partial charge in [0.1, 0.15) is 4.90 Å². The van der Waals surface area contributed by atoms with Gasteiger partial charge in [-0.05, 0) is 43.7 Å². The number of rotatable bonds is 4. The van der Waals surface area contributed by atoms with Crippen LogP contribution in [0.15, 0.2) is 10.3 Å². The third-order valence-corrected chi connectivity index (χ3v) is 7.33. The molecule has 2 aliphatic heterocycles. The second kappa shape index (κ2) is 5.38. The Morgan fingerprint density at radius 3 is 3.00 bits per heavy atom. The lowest BCUT2D eigenvalue weighted by atomic mass is 10.1. The molecule has 2 unspecified atom stereocenters. The summed E-state index contributed by atoms with van der Waals surface area (Å²) in [7, 11) is -3.46. The van der Waals surface area contributed by atoms with E-state index in [0.29, 0.717) is 10.9 Å². The lowest BCUT2D eigenvalue weighted by Gasteiger charge is -2.21. The molecule has 3 N–H and O–H groups in total. The normalized spacial score (nSPS) is 27.1. The molecule has 112 valence electrons. The third kappa shape index (κ3) is 2.42. The smallest absolute Gasteiger partial charge is 0.242 e. The molecular weight excluding hydrogens is 294 g/mol. The monoisotopic (exact) mass is 315 g/mol. The molecule has 1 aromatic heterocycles. The standard InChI is InChI=1S/C13H21N3O2S2/c1-9-8-19-12(7-14)13(9)20(17,18)15-10-4-6-16-5-2-3-11(10)16/h8,10-11,15H,2-7,14H2,1H3. The molecule has 1 aromatic rings. The van der Waals surface area contributed by atoms with Crippen LogP contribution in [-0.2, 0) is 16.6 Å². The Hall–Kier alpha value is -0.470. The minimum atomic E-state index is -3.46. The van der Waals surface area contributed by atoms with Crippen molar-refractivity contribution in [2.24, 2.45) is 5.73 Å². The highest BCUT2D eigenvalue weighted by atomic mass is 32.2. The van der Waals surface area contributed by atoms with Crippen LogP contribution in [0.2, 0.25) is 0 Å². The maximum Gasteiger partial charge on any atom is 0.242 e. The van der Waals surface area contributed by atoms with E-state index >= 15 is 0 Å². The first-order chi connectivity index (χ1) is 9.53. The number of sulfonamides is 1. The molecule has 0 bridgehead atoms. The van der Waals surface area contributed by atoms with Gasteiger partial charge in [-0.2, -0.15) is 0 Å². The Labute approximate surface area is 124 Å². The molecule has 5 nitrogen and oxygen atoms in total. The summed E-state index contributed by atoms with van der Waals surface area (Å²) in [6.45, 7) is 4.22. The fourth-order valence-corrected chi connectivity index (χ4v) is 6.47. The fourth-order valence-electron chi connectivity index (χ4n) is 3.47. The largest absolute Gasteiger partial charge is 0.326 e. The summed E-state index contributed by atoms with van der Waals surface area (Å²) in [6, 6.07) is 0.428. The minimum Gasteiger partial charge on any atom is -0.326 e. The highest BCUT2D eigenvalue weighted by Crippen LogP contribution is 2.31. The molecule has 2 aliphatic rings. The van der Waals surface area contributed by atoms with Crippen molar-refractivity contribution in [2.75, 3.05) is 13.1 Å². The molecule has 0 spiro atoms. The van der Waals surface area contributed by atoms with E-state index in [2.05, 4.69) is 9.62 Å². The molecule has 0 aromatic carbocycles. The Bertz CT molecular complexity index is 597. The van der Waals surface area contributed by atoms with E-state index in [1.165, 1.54) is 17.8 Å². The second-order valence-electron chi connectivity index (χ2n) is 5.64. The molecule has 20 heavy (non-hydrogen) atoms. The van der Waals surface area contributed by atoms with Crippen LogP contribution in [0, 0.1) is 6.92 Å². The van der Waals surface area contributed by atoms with Crippen LogP contribution in [0.1, 0.15) is 29.7 Å². The van der Waals surface area contributed by atoms with Gasteiger partial charge >= 0.3 is 0 Å². The van der Waals surface area contributed by atoms with Gasteiger partial charge in [-0.1, -0.05) is 0 Å². The summed E-state index contributed by atoms with van der Waals surface area (Å²) in [5.41, 5.74) is 6.46. The summed E-state index contributed by atoms with van der Waals surface area (Å²) < 4.78 is 28.2. The fraction of sp³-hybridized carbons (Fsp3) is 0.692. The van der Waals surface area contributed by atoms with Crippen LogP contribution < -0.4 is 10.5 Å².